The molecular formula is C20H19N5O3. The van der Waals surface area contributed by atoms with Crippen LogP contribution < -0.4 is 16.6 Å². The molecule has 0 saturated carbocycles. The highest BCUT2D eigenvalue weighted by atomic mass is 16.2. The minimum Gasteiger partial charge on any atom is -0.346 e. The van der Waals surface area contributed by atoms with E-state index in [0.29, 0.717) is 16.7 Å². The first-order valence-corrected chi connectivity index (χ1v) is 8.99. The highest BCUT2D eigenvalue weighted by molar-refractivity contribution is 5.79. The van der Waals surface area contributed by atoms with Crippen LogP contribution in [0.3, 0.4) is 0 Å². The molecule has 2 aromatic carbocycles. The maximum Gasteiger partial charge on any atom is 0.328 e. The Morgan fingerprint density at radius 1 is 1.11 bits per heavy atom. The Balaban J connectivity index is 1.48. The summed E-state index contributed by atoms with van der Waals surface area (Å²) in [5.41, 5.74) is 1.30. The highest BCUT2D eigenvalue weighted by Crippen LogP contribution is 2.15. The second-order valence-electron chi connectivity index (χ2n) is 6.61. The molecule has 142 valence electrons. The molecule has 0 fully saturated rings. The quantitative estimate of drug-likeness (QED) is 0.492. The zero-order chi connectivity index (χ0) is 19.7. The number of nitrogens with one attached hydrogen (secondary N) is 3. The number of aromatic nitrogens is 4. The number of H-pyrrole nitrogens is 2. The van der Waals surface area contributed by atoms with Crippen LogP contribution in [0.5, 0.6) is 0 Å². The first kappa shape index (κ1) is 17.7. The molecule has 28 heavy (non-hydrogen) atoms. The van der Waals surface area contributed by atoms with Gasteiger partial charge in [0.1, 0.15) is 5.82 Å². The van der Waals surface area contributed by atoms with Crippen molar-refractivity contribution in [1.29, 1.82) is 0 Å². The van der Waals surface area contributed by atoms with Crippen molar-refractivity contribution in [3.05, 3.63) is 75.2 Å². The second kappa shape index (κ2) is 7.15. The van der Waals surface area contributed by atoms with Gasteiger partial charge >= 0.3 is 5.69 Å². The smallest absolute Gasteiger partial charge is 0.328 e. The average Bonchev–Trinajstić information content (AvgIpc) is 3.12. The van der Waals surface area contributed by atoms with Gasteiger partial charge in [-0.25, -0.2) is 9.78 Å². The molecule has 1 amide bonds. The molecule has 3 N–H and O–H groups in total. The average molecular weight is 377 g/mol. The molecule has 2 aromatic heterocycles. The van der Waals surface area contributed by atoms with Crippen molar-refractivity contribution in [1.82, 2.24) is 24.8 Å². The third-order valence-corrected chi connectivity index (χ3v) is 4.66. The summed E-state index contributed by atoms with van der Waals surface area (Å²) < 4.78 is 1.40. The lowest BCUT2D eigenvalue weighted by Gasteiger charge is -2.13. The Kier molecular flexibility index (Phi) is 4.52. The van der Waals surface area contributed by atoms with Crippen molar-refractivity contribution in [3.8, 4) is 0 Å². The number of imidazole rings is 1. The number of aryl methyl sites for hydroxylation is 1. The van der Waals surface area contributed by atoms with E-state index in [-0.39, 0.29) is 24.9 Å². The van der Waals surface area contributed by atoms with Crippen molar-refractivity contribution < 1.29 is 4.79 Å². The van der Waals surface area contributed by atoms with Gasteiger partial charge in [-0.1, -0.05) is 24.3 Å². The fourth-order valence-corrected chi connectivity index (χ4v) is 3.24. The van der Waals surface area contributed by atoms with E-state index in [1.165, 1.54) is 4.57 Å². The largest absolute Gasteiger partial charge is 0.346 e. The molecule has 1 unspecified atom stereocenters. The van der Waals surface area contributed by atoms with Crippen molar-refractivity contribution in [2.24, 2.45) is 0 Å². The van der Waals surface area contributed by atoms with Crippen LogP contribution in [-0.4, -0.2) is 25.4 Å². The normalized spacial score (nSPS) is 12.3. The Morgan fingerprint density at radius 2 is 1.86 bits per heavy atom. The van der Waals surface area contributed by atoms with E-state index in [9.17, 15) is 14.4 Å². The fraction of sp³-hybridized carbons (Fsp3) is 0.200. The number of aromatic amines is 2. The SMILES string of the molecule is CC(NC(=O)CCn1c(=O)[nH]c(=O)c2ccccc21)c1nc2ccccc2[nH]1. The van der Waals surface area contributed by atoms with Crippen LogP contribution in [0.25, 0.3) is 21.9 Å². The van der Waals surface area contributed by atoms with Crippen LogP contribution >= 0.6 is 0 Å². The maximum atomic E-state index is 12.4. The summed E-state index contributed by atoms with van der Waals surface area (Å²) in [6.45, 7) is 2.01. The number of carbonyl (C=O) groups excluding carboxylic acids is 1. The van der Waals surface area contributed by atoms with E-state index < -0.39 is 11.2 Å². The van der Waals surface area contributed by atoms with Gasteiger partial charge in [0.2, 0.25) is 5.91 Å². The minimum absolute atomic E-state index is 0.0977. The molecule has 1 atom stereocenters. The number of benzene rings is 2. The molecule has 2 heterocycles. The molecule has 0 saturated heterocycles. The topological polar surface area (TPSA) is 113 Å². The van der Waals surface area contributed by atoms with Crippen LogP contribution in [0.2, 0.25) is 0 Å². The summed E-state index contributed by atoms with van der Waals surface area (Å²) in [5, 5.41) is 3.30. The number of rotatable bonds is 5. The van der Waals surface area contributed by atoms with E-state index in [1.807, 2.05) is 31.2 Å². The first-order valence-electron chi connectivity index (χ1n) is 8.99. The third-order valence-electron chi connectivity index (χ3n) is 4.66. The van der Waals surface area contributed by atoms with E-state index in [0.717, 1.165) is 11.0 Å². The van der Waals surface area contributed by atoms with Gasteiger partial charge in [0, 0.05) is 13.0 Å². The summed E-state index contributed by atoms with van der Waals surface area (Å²) in [6, 6.07) is 14.2. The summed E-state index contributed by atoms with van der Waals surface area (Å²) >= 11 is 0. The Hall–Kier alpha value is -3.68. The molecule has 0 aliphatic carbocycles. The Morgan fingerprint density at radius 3 is 2.68 bits per heavy atom. The molecule has 0 bridgehead atoms. The third kappa shape index (κ3) is 3.32. The first-order chi connectivity index (χ1) is 13.5. The molecule has 0 aliphatic rings. The van der Waals surface area contributed by atoms with Gasteiger partial charge in [-0.3, -0.25) is 19.1 Å². The van der Waals surface area contributed by atoms with Crippen LogP contribution in [0, 0.1) is 0 Å². The zero-order valence-corrected chi connectivity index (χ0v) is 15.2. The summed E-state index contributed by atoms with van der Waals surface area (Å²) in [6.07, 6.45) is 0.0977. The fourth-order valence-electron chi connectivity index (χ4n) is 3.24. The summed E-state index contributed by atoms with van der Waals surface area (Å²) in [4.78, 5) is 46.4. The monoisotopic (exact) mass is 377 g/mol. The van der Waals surface area contributed by atoms with Crippen LogP contribution in [0.4, 0.5) is 0 Å². The Bertz CT molecular complexity index is 1250. The molecule has 8 nitrogen and oxygen atoms in total. The number of para-hydroxylation sites is 3. The van der Waals surface area contributed by atoms with E-state index >= 15 is 0 Å². The minimum atomic E-state index is -0.526. The molecule has 0 radical (unpaired) electrons. The second-order valence-corrected chi connectivity index (χ2v) is 6.61. The van der Waals surface area contributed by atoms with Gasteiger partial charge in [-0.2, -0.15) is 0 Å². The molecular weight excluding hydrogens is 358 g/mol. The molecule has 8 heteroatoms. The van der Waals surface area contributed by atoms with Gasteiger partial charge < -0.3 is 10.3 Å². The Labute approximate surface area is 159 Å². The zero-order valence-electron chi connectivity index (χ0n) is 15.2. The summed E-state index contributed by atoms with van der Waals surface area (Å²) in [7, 11) is 0. The van der Waals surface area contributed by atoms with Gasteiger partial charge in [0.05, 0.1) is 28.0 Å². The van der Waals surface area contributed by atoms with Crippen molar-refractivity contribution in [2.45, 2.75) is 25.9 Å². The van der Waals surface area contributed by atoms with Crippen LogP contribution in [-0.2, 0) is 11.3 Å². The molecule has 0 spiro atoms. The lowest BCUT2D eigenvalue weighted by molar-refractivity contribution is -0.122. The van der Waals surface area contributed by atoms with Crippen molar-refractivity contribution in [2.75, 3.05) is 0 Å². The number of fused-ring (bicyclic) bond motifs is 2. The van der Waals surface area contributed by atoms with E-state index in [2.05, 4.69) is 20.3 Å². The van der Waals surface area contributed by atoms with Gasteiger partial charge in [-0.15, -0.1) is 0 Å². The lowest BCUT2D eigenvalue weighted by atomic mass is 10.2. The number of hydrogen-bond donors (Lipinski definition) is 3. The predicted molar refractivity (Wildman–Crippen MR) is 106 cm³/mol. The molecule has 4 rings (SSSR count). The van der Waals surface area contributed by atoms with E-state index in [4.69, 9.17) is 0 Å². The van der Waals surface area contributed by atoms with Crippen LogP contribution in [0.1, 0.15) is 25.2 Å². The van der Waals surface area contributed by atoms with Crippen molar-refractivity contribution >= 4 is 27.8 Å². The number of carbonyl (C=O) groups is 1. The molecule has 4 aromatic rings. The summed E-state index contributed by atoms with van der Waals surface area (Å²) in [5.74, 6) is 0.455. The van der Waals surface area contributed by atoms with Gasteiger partial charge in [-0.05, 0) is 31.2 Å². The highest BCUT2D eigenvalue weighted by Gasteiger charge is 2.14. The lowest BCUT2D eigenvalue weighted by Crippen LogP contribution is -2.33. The number of nitrogens with zero attached hydrogens (tertiary/aromatic N) is 2. The number of amides is 1. The van der Waals surface area contributed by atoms with Crippen molar-refractivity contribution in [3.63, 3.8) is 0 Å². The standard InChI is InChI=1S/C20H19N5O3/c1-12(18-22-14-7-3-4-8-15(14)23-18)21-17(26)10-11-25-16-9-5-2-6-13(16)19(27)24-20(25)28/h2-9,12H,10-11H2,1H3,(H,21,26)(H,22,23)(H,24,27,28). The van der Waals surface area contributed by atoms with Crippen LogP contribution in [0.15, 0.2) is 58.1 Å². The maximum absolute atomic E-state index is 12.4. The predicted octanol–water partition coefficient (Wildman–Crippen LogP) is 1.83. The molecule has 0 aliphatic heterocycles. The van der Waals surface area contributed by atoms with E-state index in [1.54, 1.807) is 24.3 Å². The number of hydrogen-bond acceptors (Lipinski definition) is 4. The van der Waals surface area contributed by atoms with Gasteiger partial charge in [0.25, 0.3) is 5.56 Å². The van der Waals surface area contributed by atoms with Gasteiger partial charge in [0.15, 0.2) is 0 Å².